The predicted molar refractivity (Wildman–Crippen MR) is 172 cm³/mol. The summed E-state index contributed by atoms with van der Waals surface area (Å²) in [6, 6.07) is 7.09. The zero-order chi connectivity index (χ0) is 31.5. The Kier molecular flexibility index (Phi) is 12.8. The van der Waals surface area contributed by atoms with Crippen LogP contribution in [0.25, 0.3) is 0 Å². The molecule has 0 bridgehead atoms. The summed E-state index contributed by atoms with van der Waals surface area (Å²) in [5, 5.41) is 15.0. The molecule has 236 valence electrons. The smallest absolute Gasteiger partial charge is 0.363 e. The van der Waals surface area contributed by atoms with Crippen LogP contribution in [-0.2, 0) is 20.9 Å². The topological polar surface area (TPSA) is 97.2 Å². The third kappa shape index (κ3) is 9.92. The zero-order valence-corrected chi connectivity index (χ0v) is 26.9. The maximum Gasteiger partial charge on any atom is 0.363 e. The number of aliphatic hydroxyl groups is 1. The van der Waals surface area contributed by atoms with Crippen molar-refractivity contribution in [3.05, 3.63) is 71.3 Å². The summed E-state index contributed by atoms with van der Waals surface area (Å²) < 4.78 is 0. The molecule has 2 aliphatic rings. The summed E-state index contributed by atoms with van der Waals surface area (Å²) >= 11 is 0. The summed E-state index contributed by atoms with van der Waals surface area (Å²) in [7, 11) is 0. The number of allylic oxidation sites excluding steroid dienone is 4. The molecule has 0 heterocycles. The first-order valence-electron chi connectivity index (χ1n) is 16.0. The average molecular weight is 593 g/mol. The Morgan fingerprint density at radius 3 is 2.49 bits per heavy atom. The molecule has 0 saturated heterocycles. The van der Waals surface area contributed by atoms with Gasteiger partial charge in [-0.3, -0.25) is 4.79 Å². The van der Waals surface area contributed by atoms with Crippen LogP contribution in [0.1, 0.15) is 121 Å². The van der Waals surface area contributed by atoms with E-state index in [1.807, 2.05) is 18.2 Å². The van der Waals surface area contributed by atoms with Gasteiger partial charge in [0.15, 0.2) is 0 Å². The van der Waals surface area contributed by atoms with Crippen LogP contribution in [0.2, 0.25) is 0 Å². The van der Waals surface area contributed by atoms with E-state index >= 15 is 0 Å². The minimum absolute atomic E-state index is 0.00742. The van der Waals surface area contributed by atoms with Gasteiger partial charge in [0, 0.05) is 12.3 Å². The van der Waals surface area contributed by atoms with E-state index in [4.69, 9.17) is 9.68 Å². The van der Waals surface area contributed by atoms with E-state index in [1.54, 1.807) is 18.2 Å². The number of nitrogens with one attached hydrogen (secondary N) is 1. The van der Waals surface area contributed by atoms with Crippen LogP contribution >= 0.6 is 0 Å². The Bertz CT molecular complexity index is 1210. The highest BCUT2D eigenvalue weighted by Crippen LogP contribution is 2.54. The number of hydrogen-bond acceptors (Lipinski definition) is 6. The molecule has 1 amide bonds. The maximum atomic E-state index is 12.9. The summed E-state index contributed by atoms with van der Waals surface area (Å²) in [6.07, 6.45) is 16.0. The van der Waals surface area contributed by atoms with Crippen molar-refractivity contribution in [1.82, 2.24) is 5.48 Å². The van der Waals surface area contributed by atoms with Gasteiger partial charge in [-0.1, -0.05) is 114 Å². The fourth-order valence-corrected chi connectivity index (χ4v) is 6.15. The second-order valence-corrected chi connectivity index (χ2v) is 13.4. The van der Waals surface area contributed by atoms with Gasteiger partial charge in [0.25, 0.3) is 5.91 Å². The highest BCUT2D eigenvalue weighted by Gasteiger charge is 2.47. The Balaban J connectivity index is 1.69. The number of nitrogens with zero attached hydrogens (tertiary/aromatic N) is 1. The molecule has 43 heavy (non-hydrogen) atoms. The molecule has 7 nitrogen and oxygen atoms in total. The Labute approximate surface area is 258 Å². The quantitative estimate of drug-likeness (QED) is 0.0927. The Morgan fingerprint density at radius 2 is 1.77 bits per heavy atom. The third-order valence-corrected chi connectivity index (χ3v) is 8.80. The van der Waals surface area contributed by atoms with Crippen molar-refractivity contribution in [3.63, 3.8) is 0 Å². The van der Waals surface area contributed by atoms with Crippen molar-refractivity contribution in [2.45, 2.75) is 118 Å². The lowest BCUT2D eigenvalue weighted by Gasteiger charge is -2.49. The van der Waals surface area contributed by atoms with Gasteiger partial charge in [-0.25, -0.2) is 4.79 Å². The van der Waals surface area contributed by atoms with Gasteiger partial charge in [-0.15, -0.1) is 6.58 Å². The van der Waals surface area contributed by atoms with Crippen LogP contribution in [0.4, 0.5) is 0 Å². The van der Waals surface area contributed by atoms with E-state index in [0.717, 1.165) is 36.8 Å². The SMILES string of the molecule is C=CCc1ccccc1C(=O)ONC(=O)CC1=CC(=NOC(O)CCCCCCCCC)C2C(=C1)C(C)(C)CCC2(C)C. The molecule has 0 aromatic heterocycles. The fourth-order valence-electron chi connectivity index (χ4n) is 6.15. The largest absolute Gasteiger partial charge is 0.364 e. The summed E-state index contributed by atoms with van der Waals surface area (Å²) in [5.74, 6) is -1.06. The zero-order valence-electron chi connectivity index (χ0n) is 26.9. The van der Waals surface area contributed by atoms with Crippen molar-refractivity contribution < 1.29 is 24.4 Å². The Hall–Kier alpha value is -3.19. The van der Waals surface area contributed by atoms with E-state index in [2.05, 4.69) is 57.9 Å². The average Bonchev–Trinajstić information content (AvgIpc) is 2.97. The molecule has 1 fully saturated rings. The van der Waals surface area contributed by atoms with Gasteiger partial charge in [-0.2, -0.15) is 5.48 Å². The van der Waals surface area contributed by atoms with Gasteiger partial charge in [0.2, 0.25) is 6.29 Å². The number of hydroxylamine groups is 1. The first-order valence-corrected chi connectivity index (χ1v) is 16.0. The number of benzene rings is 1. The van der Waals surface area contributed by atoms with Crippen molar-refractivity contribution in [2.75, 3.05) is 0 Å². The molecule has 2 unspecified atom stereocenters. The van der Waals surface area contributed by atoms with E-state index in [-0.39, 0.29) is 23.2 Å². The van der Waals surface area contributed by atoms with Gasteiger partial charge in [0.05, 0.1) is 17.7 Å². The molecule has 7 heteroatoms. The molecule has 1 saturated carbocycles. The van der Waals surface area contributed by atoms with Crippen molar-refractivity contribution in [1.29, 1.82) is 0 Å². The van der Waals surface area contributed by atoms with Crippen LogP contribution in [0, 0.1) is 16.7 Å². The lowest BCUT2D eigenvalue weighted by atomic mass is 9.55. The molecule has 3 rings (SSSR count). The van der Waals surface area contributed by atoms with E-state index < -0.39 is 18.2 Å². The molecular formula is C36H52N2O5. The molecule has 0 spiro atoms. The first-order chi connectivity index (χ1) is 20.5. The lowest BCUT2D eigenvalue weighted by molar-refractivity contribution is -0.129. The number of amides is 1. The second kappa shape index (κ2) is 16.0. The van der Waals surface area contributed by atoms with E-state index in [9.17, 15) is 14.7 Å². The van der Waals surface area contributed by atoms with Crippen LogP contribution in [0.5, 0.6) is 0 Å². The highest BCUT2D eigenvalue weighted by atomic mass is 16.7. The van der Waals surface area contributed by atoms with Crippen LogP contribution in [0.3, 0.4) is 0 Å². The molecule has 0 aliphatic heterocycles. The minimum atomic E-state index is -0.972. The summed E-state index contributed by atoms with van der Waals surface area (Å²) in [6.45, 7) is 14.9. The van der Waals surface area contributed by atoms with E-state index in [1.165, 1.54) is 37.7 Å². The first kappa shape index (κ1) is 34.3. The number of hydrogen-bond donors (Lipinski definition) is 2. The van der Waals surface area contributed by atoms with Crippen molar-refractivity contribution in [2.24, 2.45) is 21.9 Å². The summed E-state index contributed by atoms with van der Waals surface area (Å²) in [4.78, 5) is 36.4. The van der Waals surface area contributed by atoms with Crippen LogP contribution in [0.15, 0.2) is 65.4 Å². The van der Waals surface area contributed by atoms with Gasteiger partial charge in [0.1, 0.15) is 0 Å². The Morgan fingerprint density at radius 1 is 1.07 bits per heavy atom. The molecule has 1 aromatic rings. The lowest BCUT2D eigenvalue weighted by Crippen LogP contribution is -2.43. The van der Waals surface area contributed by atoms with Gasteiger partial charge < -0.3 is 14.8 Å². The van der Waals surface area contributed by atoms with Crippen LogP contribution < -0.4 is 5.48 Å². The monoisotopic (exact) mass is 592 g/mol. The molecule has 2 N–H and O–H groups in total. The third-order valence-electron chi connectivity index (χ3n) is 8.80. The van der Waals surface area contributed by atoms with Crippen molar-refractivity contribution >= 4 is 17.6 Å². The number of rotatable bonds is 15. The highest BCUT2D eigenvalue weighted by molar-refractivity contribution is 6.02. The molecular weight excluding hydrogens is 540 g/mol. The van der Waals surface area contributed by atoms with Gasteiger partial charge in [-0.05, 0) is 59.8 Å². The number of aliphatic hydroxyl groups excluding tert-OH is 1. The molecule has 2 aliphatic carbocycles. The number of carbonyl (C=O) groups is 2. The fraction of sp³-hybridized carbons (Fsp3) is 0.583. The number of unbranched alkanes of at least 4 members (excludes halogenated alkanes) is 6. The second-order valence-electron chi connectivity index (χ2n) is 13.4. The number of oxime groups is 1. The molecule has 2 atom stereocenters. The predicted octanol–water partition coefficient (Wildman–Crippen LogP) is 8.15. The minimum Gasteiger partial charge on any atom is -0.364 e. The van der Waals surface area contributed by atoms with Crippen molar-refractivity contribution in [3.8, 4) is 0 Å². The normalized spacial score (nSPS) is 20.3. The molecule has 1 aromatic carbocycles. The molecule has 0 radical (unpaired) electrons. The maximum absolute atomic E-state index is 12.9. The number of carbonyl (C=O) groups excluding carboxylic acids is 2. The number of fused-ring (bicyclic) bond motifs is 1. The standard InChI is InChI=1S/C36H52N2O5/c1-7-9-10-11-12-13-14-20-32(40)42-37-30-24-26(23-29-33(30)36(5,6)22-21-35(29,3)4)25-31(39)38-43-34(41)28-19-16-15-18-27(28)17-8-2/h8,15-16,18-19,23-24,32-33,40H,2,7,9-14,17,20-22,25H2,1,3-6H3,(H,38,39). The summed E-state index contributed by atoms with van der Waals surface area (Å²) in [5.41, 5.74) is 6.00. The van der Waals surface area contributed by atoms with Gasteiger partial charge >= 0.3 is 5.97 Å². The van der Waals surface area contributed by atoms with Crippen LogP contribution in [-0.4, -0.2) is 29.0 Å². The van der Waals surface area contributed by atoms with E-state index in [0.29, 0.717) is 24.1 Å².